The van der Waals surface area contributed by atoms with Gasteiger partial charge in [-0.2, -0.15) is 0 Å². The first kappa shape index (κ1) is 22.2. The monoisotopic (exact) mass is 456 g/mol. The van der Waals surface area contributed by atoms with Gasteiger partial charge in [-0.1, -0.05) is 35.9 Å². The molecule has 0 radical (unpaired) electrons. The third kappa shape index (κ3) is 5.64. The lowest BCUT2D eigenvalue weighted by atomic mass is 10.1. The summed E-state index contributed by atoms with van der Waals surface area (Å²) in [6.07, 6.45) is 0. The first-order valence-electron chi connectivity index (χ1n) is 10.4. The van der Waals surface area contributed by atoms with Crippen molar-refractivity contribution in [2.24, 2.45) is 0 Å². The summed E-state index contributed by atoms with van der Waals surface area (Å²) in [4.78, 5) is 17.1. The van der Waals surface area contributed by atoms with Gasteiger partial charge in [-0.3, -0.25) is 9.69 Å². The van der Waals surface area contributed by atoms with E-state index in [4.69, 9.17) is 16.3 Å². The fraction of sp³-hybridized carbons (Fsp3) is 0.240. The topological polar surface area (TPSA) is 32.8 Å². The molecule has 4 nitrogen and oxygen atoms in total. The van der Waals surface area contributed by atoms with Crippen LogP contribution in [-0.2, 0) is 13.2 Å². The molecule has 0 atom stereocenters. The fourth-order valence-corrected chi connectivity index (χ4v) is 3.95. The molecule has 0 bridgehead atoms. The molecule has 0 unspecified atom stereocenters. The van der Waals surface area contributed by atoms with Gasteiger partial charge in [0.25, 0.3) is 5.91 Å². The molecule has 0 N–H and O–H groups in total. The summed E-state index contributed by atoms with van der Waals surface area (Å²) in [5.41, 5.74) is 2.45. The maximum absolute atomic E-state index is 13.8. The van der Waals surface area contributed by atoms with Crippen LogP contribution in [0, 0.1) is 11.6 Å². The Labute approximate surface area is 191 Å². The minimum atomic E-state index is -0.757. The smallest absolute Gasteiger partial charge is 0.253 e. The highest BCUT2D eigenvalue weighted by Crippen LogP contribution is 2.20. The van der Waals surface area contributed by atoms with E-state index in [2.05, 4.69) is 11.0 Å². The molecule has 1 fully saturated rings. The fourth-order valence-electron chi connectivity index (χ4n) is 3.73. The lowest BCUT2D eigenvalue weighted by molar-refractivity contribution is 0.0628. The van der Waals surface area contributed by atoms with Gasteiger partial charge in [-0.25, -0.2) is 8.78 Å². The van der Waals surface area contributed by atoms with Crippen LogP contribution in [0.2, 0.25) is 5.02 Å². The number of amides is 1. The number of ether oxygens (including phenoxy) is 1. The summed E-state index contributed by atoms with van der Waals surface area (Å²) in [6.45, 7) is 3.73. The molecular weight excluding hydrogens is 434 g/mol. The first-order chi connectivity index (χ1) is 15.5. The second-order valence-corrected chi connectivity index (χ2v) is 8.20. The van der Waals surface area contributed by atoms with Crippen molar-refractivity contribution < 1.29 is 18.3 Å². The number of carbonyl (C=O) groups excluding carboxylic acids is 1. The van der Waals surface area contributed by atoms with Gasteiger partial charge in [0.2, 0.25) is 0 Å². The molecule has 1 amide bonds. The van der Waals surface area contributed by atoms with Gasteiger partial charge in [0.15, 0.2) is 11.6 Å². The zero-order valence-electron chi connectivity index (χ0n) is 17.4. The SMILES string of the molecule is O=C(c1cccc(COc2ccc(F)cc2F)c1)N1CCN(Cc2cccc(Cl)c2)CC1. The molecule has 0 aliphatic carbocycles. The quantitative estimate of drug-likeness (QED) is 0.514. The molecule has 7 heteroatoms. The summed E-state index contributed by atoms with van der Waals surface area (Å²) in [7, 11) is 0. The molecule has 166 valence electrons. The van der Waals surface area contributed by atoms with Crippen molar-refractivity contribution in [3.8, 4) is 5.75 Å². The molecule has 1 aliphatic heterocycles. The predicted molar refractivity (Wildman–Crippen MR) is 120 cm³/mol. The molecule has 32 heavy (non-hydrogen) atoms. The van der Waals surface area contributed by atoms with E-state index >= 15 is 0 Å². The maximum atomic E-state index is 13.8. The van der Waals surface area contributed by atoms with E-state index in [9.17, 15) is 13.6 Å². The molecule has 0 spiro atoms. The van der Waals surface area contributed by atoms with Crippen molar-refractivity contribution in [3.05, 3.63) is 100 Å². The van der Waals surface area contributed by atoms with E-state index in [1.54, 1.807) is 24.3 Å². The Morgan fingerprint density at radius 3 is 2.41 bits per heavy atom. The van der Waals surface area contributed by atoms with Crippen LogP contribution in [0.4, 0.5) is 8.78 Å². The predicted octanol–water partition coefficient (Wildman–Crippen LogP) is 5.16. The highest BCUT2D eigenvalue weighted by atomic mass is 35.5. The second kappa shape index (κ2) is 10.1. The minimum Gasteiger partial charge on any atom is -0.486 e. The van der Waals surface area contributed by atoms with E-state index < -0.39 is 11.6 Å². The number of hydrogen-bond acceptors (Lipinski definition) is 3. The Morgan fingerprint density at radius 2 is 1.66 bits per heavy atom. The zero-order valence-corrected chi connectivity index (χ0v) is 18.2. The molecule has 0 aromatic heterocycles. The summed E-state index contributed by atoms with van der Waals surface area (Å²) in [5.74, 6) is -1.48. The summed E-state index contributed by atoms with van der Waals surface area (Å²) in [5, 5.41) is 0.724. The van der Waals surface area contributed by atoms with Crippen molar-refractivity contribution in [1.82, 2.24) is 9.80 Å². The van der Waals surface area contributed by atoms with Crippen molar-refractivity contribution in [1.29, 1.82) is 0 Å². The normalized spacial score (nSPS) is 14.4. The Morgan fingerprint density at radius 1 is 0.906 bits per heavy atom. The van der Waals surface area contributed by atoms with E-state index in [1.807, 2.05) is 23.1 Å². The Kier molecular flexibility index (Phi) is 7.02. The Hall–Kier alpha value is -2.96. The number of benzene rings is 3. The van der Waals surface area contributed by atoms with Crippen LogP contribution in [0.3, 0.4) is 0 Å². The van der Waals surface area contributed by atoms with Crippen LogP contribution in [-0.4, -0.2) is 41.9 Å². The number of carbonyl (C=O) groups is 1. The van der Waals surface area contributed by atoms with Gasteiger partial charge < -0.3 is 9.64 Å². The van der Waals surface area contributed by atoms with Crippen molar-refractivity contribution in [2.45, 2.75) is 13.2 Å². The van der Waals surface area contributed by atoms with Crippen molar-refractivity contribution in [2.75, 3.05) is 26.2 Å². The van der Waals surface area contributed by atoms with Gasteiger partial charge in [-0.05, 0) is 47.5 Å². The van der Waals surface area contributed by atoms with E-state index in [1.165, 1.54) is 6.07 Å². The van der Waals surface area contributed by atoms with Crippen LogP contribution in [0.1, 0.15) is 21.5 Å². The maximum Gasteiger partial charge on any atom is 0.253 e. The first-order valence-corrected chi connectivity index (χ1v) is 10.8. The van der Waals surface area contributed by atoms with Crippen molar-refractivity contribution >= 4 is 17.5 Å². The molecule has 3 aromatic carbocycles. The van der Waals surface area contributed by atoms with Gasteiger partial charge in [0.1, 0.15) is 12.4 Å². The Bertz CT molecular complexity index is 1100. The highest BCUT2D eigenvalue weighted by Gasteiger charge is 2.22. The van der Waals surface area contributed by atoms with E-state index in [0.29, 0.717) is 18.7 Å². The average Bonchev–Trinajstić information content (AvgIpc) is 2.79. The van der Waals surface area contributed by atoms with Crippen LogP contribution in [0.5, 0.6) is 5.75 Å². The Balaban J connectivity index is 1.32. The number of piperazine rings is 1. The zero-order chi connectivity index (χ0) is 22.5. The largest absolute Gasteiger partial charge is 0.486 e. The summed E-state index contributed by atoms with van der Waals surface area (Å²) in [6, 6.07) is 18.1. The van der Waals surface area contributed by atoms with E-state index in [-0.39, 0.29) is 18.3 Å². The van der Waals surface area contributed by atoms with Crippen LogP contribution >= 0.6 is 11.6 Å². The lowest BCUT2D eigenvalue weighted by Gasteiger charge is -2.35. The van der Waals surface area contributed by atoms with Gasteiger partial charge in [0.05, 0.1) is 0 Å². The van der Waals surface area contributed by atoms with Gasteiger partial charge in [-0.15, -0.1) is 0 Å². The minimum absolute atomic E-state index is 0.0287. The number of nitrogens with zero attached hydrogens (tertiary/aromatic N) is 2. The molecule has 1 saturated heterocycles. The van der Waals surface area contributed by atoms with E-state index in [0.717, 1.165) is 47.9 Å². The lowest BCUT2D eigenvalue weighted by Crippen LogP contribution is -2.48. The molecule has 1 aliphatic rings. The van der Waals surface area contributed by atoms with Crippen LogP contribution < -0.4 is 4.74 Å². The molecule has 0 saturated carbocycles. The number of halogens is 3. The van der Waals surface area contributed by atoms with Crippen molar-refractivity contribution in [3.63, 3.8) is 0 Å². The molecule has 4 rings (SSSR count). The van der Waals surface area contributed by atoms with Crippen LogP contribution in [0.15, 0.2) is 66.7 Å². The average molecular weight is 457 g/mol. The van der Waals surface area contributed by atoms with Gasteiger partial charge >= 0.3 is 0 Å². The third-order valence-electron chi connectivity index (χ3n) is 5.42. The third-order valence-corrected chi connectivity index (χ3v) is 5.65. The summed E-state index contributed by atoms with van der Waals surface area (Å²) < 4.78 is 32.2. The molecular formula is C25H23ClF2N2O2. The molecule has 1 heterocycles. The van der Waals surface area contributed by atoms with Crippen LogP contribution in [0.25, 0.3) is 0 Å². The standard InChI is InChI=1S/C25H23ClF2N2O2/c26-21-6-2-3-18(14-21)16-29-9-11-30(12-10-29)25(31)20-5-1-4-19(13-20)17-32-24-8-7-22(27)15-23(24)28/h1-8,13-15H,9-12,16-17H2. The summed E-state index contributed by atoms with van der Waals surface area (Å²) >= 11 is 6.07. The second-order valence-electron chi connectivity index (χ2n) is 7.76. The van der Waals surface area contributed by atoms with Gasteiger partial charge in [0, 0.05) is 49.4 Å². The molecule has 3 aromatic rings. The highest BCUT2D eigenvalue weighted by molar-refractivity contribution is 6.30. The number of rotatable bonds is 6. The number of hydrogen-bond donors (Lipinski definition) is 0.